The zero-order valence-corrected chi connectivity index (χ0v) is 10.8. The quantitative estimate of drug-likeness (QED) is 0.540. The number of hydrogen-bond acceptors (Lipinski definition) is 2. The average Bonchev–Trinajstić information content (AvgIpc) is 2.85. The first-order valence-corrected chi connectivity index (χ1v) is 7.01. The molecular formula is C15H22O2. The van der Waals surface area contributed by atoms with Crippen molar-refractivity contribution in [3.63, 3.8) is 0 Å². The van der Waals surface area contributed by atoms with Crippen LogP contribution in [0.2, 0.25) is 0 Å². The molecule has 17 heavy (non-hydrogen) atoms. The summed E-state index contributed by atoms with van der Waals surface area (Å²) in [6.07, 6.45) is 8.40. The summed E-state index contributed by atoms with van der Waals surface area (Å²) >= 11 is 0. The minimum Gasteiger partial charge on any atom is -0.466 e. The Morgan fingerprint density at radius 3 is 2.59 bits per heavy atom. The first kappa shape index (κ1) is 11.3. The molecule has 3 aliphatic carbocycles. The Morgan fingerprint density at radius 2 is 2.00 bits per heavy atom. The van der Waals surface area contributed by atoms with Gasteiger partial charge in [-0.05, 0) is 49.9 Å². The fourth-order valence-corrected chi connectivity index (χ4v) is 5.21. The molecule has 0 aromatic rings. The van der Waals surface area contributed by atoms with Crippen molar-refractivity contribution in [2.45, 2.75) is 51.9 Å². The molecule has 3 fully saturated rings. The summed E-state index contributed by atoms with van der Waals surface area (Å²) < 4.78 is 5.30. The number of carbonyl (C=O) groups is 1. The van der Waals surface area contributed by atoms with E-state index in [2.05, 4.69) is 6.58 Å². The number of allylic oxidation sites excluding steroid dienone is 1. The minimum atomic E-state index is 0.0410. The van der Waals surface area contributed by atoms with E-state index in [4.69, 9.17) is 4.74 Å². The molecule has 0 aromatic carbocycles. The van der Waals surface area contributed by atoms with E-state index in [0.717, 1.165) is 6.42 Å². The molecule has 0 heterocycles. The van der Waals surface area contributed by atoms with Crippen LogP contribution in [0.1, 0.15) is 51.9 Å². The number of hydrogen-bond donors (Lipinski definition) is 0. The second kappa shape index (κ2) is 3.60. The van der Waals surface area contributed by atoms with Crippen molar-refractivity contribution in [1.29, 1.82) is 0 Å². The Balaban J connectivity index is 1.98. The van der Waals surface area contributed by atoms with E-state index >= 15 is 0 Å². The molecule has 0 aromatic heterocycles. The summed E-state index contributed by atoms with van der Waals surface area (Å²) in [6, 6.07) is 0. The monoisotopic (exact) mass is 234 g/mol. The number of rotatable bonds is 2. The summed E-state index contributed by atoms with van der Waals surface area (Å²) in [7, 11) is 0. The van der Waals surface area contributed by atoms with Crippen LogP contribution in [0, 0.1) is 16.7 Å². The van der Waals surface area contributed by atoms with Crippen LogP contribution in [0.25, 0.3) is 0 Å². The average molecular weight is 234 g/mol. The van der Waals surface area contributed by atoms with E-state index in [0.29, 0.717) is 12.0 Å². The summed E-state index contributed by atoms with van der Waals surface area (Å²) in [5, 5.41) is 0. The van der Waals surface area contributed by atoms with E-state index in [9.17, 15) is 4.79 Å². The van der Waals surface area contributed by atoms with Gasteiger partial charge in [-0.25, -0.2) is 0 Å². The van der Waals surface area contributed by atoms with Crippen molar-refractivity contribution in [3.8, 4) is 0 Å². The highest BCUT2D eigenvalue weighted by molar-refractivity contribution is 5.75. The summed E-state index contributed by atoms with van der Waals surface area (Å²) in [5.41, 5.74) is 1.89. The first-order valence-electron chi connectivity index (χ1n) is 7.01. The van der Waals surface area contributed by atoms with Crippen LogP contribution < -0.4 is 0 Å². The van der Waals surface area contributed by atoms with Gasteiger partial charge in [-0.3, -0.25) is 4.79 Å². The van der Waals surface area contributed by atoms with Crippen LogP contribution in [0.5, 0.6) is 0 Å². The molecule has 0 saturated heterocycles. The molecule has 0 radical (unpaired) electrons. The third kappa shape index (κ3) is 1.19. The van der Waals surface area contributed by atoms with Crippen molar-refractivity contribution < 1.29 is 9.53 Å². The molecule has 0 bridgehead atoms. The van der Waals surface area contributed by atoms with Crippen LogP contribution in [-0.4, -0.2) is 12.6 Å². The molecule has 2 nitrogen and oxygen atoms in total. The summed E-state index contributed by atoms with van der Waals surface area (Å²) in [4.78, 5) is 12.2. The Kier molecular flexibility index (Phi) is 2.39. The van der Waals surface area contributed by atoms with E-state index in [1.54, 1.807) is 0 Å². The van der Waals surface area contributed by atoms with Crippen LogP contribution >= 0.6 is 0 Å². The summed E-state index contributed by atoms with van der Waals surface area (Å²) in [5.74, 6) is 0.152. The number of esters is 1. The molecule has 1 atom stereocenters. The van der Waals surface area contributed by atoms with Crippen LogP contribution in [-0.2, 0) is 9.53 Å². The highest BCUT2D eigenvalue weighted by Crippen LogP contribution is 2.74. The maximum atomic E-state index is 12.2. The van der Waals surface area contributed by atoms with E-state index in [1.807, 2.05) is 6.92 Å². The number of carbonyl (C=O) groups excluding carboxylic acids is 1. The van der Waals surface area contributed by atoms with Gasteiger partial charge in [0, 0.05) is 0 Å². The van der Waals surface area contributed by atoms with Crippen molar-refractivity contribution in [3.05, 3.63) is 12.2 Å². The lowest BCUT2D eigenvalue weighted by molar-refractivity contribution is -0.153. The lowest BCUT2D eigenvalue weighted by Crippen LogP contribution is -2.36. The highest BCUT2D eigenvalue weighted by atomic mass is 16.5. The van der Waals surface area contributed by atoms with E-state index in [-0.39, 0.29) is 17.3 Å². The topological polar surface area (TPSA) is 26.3 Å². The zero-order valence-electron chi connectivity index (χ0n) is 10.8. The van der Waals surface area contributed by atoms with Crippen molar-refractivity contribution in [2.75, 3.05) is 6.61 Å². The normalized spacial score (nSPS) is 43.6. The van der Waals surface area contributed by atoms with Crippen molar-refractivity contribution in [2.24, 2.45) is 16.7 Å². The zero-order chi connectivity index (χ0) is 12.1. The van der Waals surface area contributed by atoms with Gasteiger partial charge in [0.1, 0.15) is 0 Å². The molecule has 0 N–H and O–H groups in total. The van der Waals surface area contributed by atoms with E-state index in [1.165, 1.54) is 44.1 Å². The van der Waals surface area contributed by atoms with Gasteiger partial charge >= 0.3 is 5.97 Å². The van der Waals surface area contributed by atoms with E-state index < -0.39 is 0 Å². The predicted molar refractivity (Wildman–Crippen MR) is 66.4 cm³/mol. The van der Waals surface area contributed by atoms with Crippen LogP contribution in [0.3, 0.4) is 0 Å². The third-order valence-electron chi connectivity index (χ3n) is 5.77. The molecule has 0 spiro atoms. The van der Waals surface area contributed by atoms with Gasteiger partial charge in [-0.1, -0.05) is 25.0 Å². The number of ether oxygens (including phenoxy) is 1. The second-order valence-corrected chi connectivity index (χ2v) is 6.06. The molecule has 1 unspecified atom stereocenters. The smallest absolute Gasteiger partial charge is 0.309 e. The molecule has 3 saturated carbocycles. The standard InChI is InChI=1S/C15H22O2/c1-3-17-13(16)12-10-11(2)14-6-4-8-15(12,14)9-5-7-14/h12H,2-10H2,1H3. The molecule has 3 rings (SSSR count). The van der Waals surface area contributed by atoms with Crippen LogP contribution in [0.15, 0.2) is 12.2 Å². The lowest BCUT2D eigenvalue weighted by Gasteiger charge is -2.37. The van der Waals surface area contributed by atoms with Crippen molar-refractivity contribution in [1.82, 2.24) is 0 Å². The molecular weight excluding hydrogens is 212 g/mol. The Morgan fingerprint density at radius 1 is 1.35 bits per heavy atom. The van der Waals surface area contributed by atoms with Gasteiger partial charge in [-0.2, -0.15) is 0 Å². The van der Waals surface area contributed by atoms with Gasteiger partial charge in [0.05, 0.1) is 12.5 Å². The maximum absolute atomic E-state index is 12.2. The molecule has 0 aliphatic heterocycles. The van der Waals surface area contributed by atoms with Gasteiger partial charge in [0.15, 0.2) is 0 Å². The third-order valence-corrected chi connectivity index (χ3v) is 5.77. The maximum Gasteiger partial charge on any atom is 0.309 e. The molecule has 0 amide bonds. The molecule has 3 aliphatic rings. The largest absolute Gasteiger partial charge is 0.466 e. The first-order chi connectivity index (χ1) is 8.16. The Bertz CT molecular complexity index is 359. The fourth-order valence-electron chi connectivity index (χ4n) is 5.21. The molecule has 94 valence electrons. The fraction of sp³-hybridized carbons (Fsp3) is 0.800. The van der Waals surface area contributed by atoms with Gasteiger partial charge in [0.2, 0.25) is 0 Å². The summed E-state index contributed by atoms with van der Waals surface area (Å²) in [6.45, 7) is 6.71. The van der Waals surface area contributed by atoms with Gasteiger partial charge < -0.3 is 4.74 Å². The second-order valence-electron chi connectivity index (χ2n) is 6.06. The highest BCUT2D eigenvalue weighted by Gasteiger charge is 2.67. The predicted octanol–water partition coefficient (Wildman–Crippen LogP) is 3.47. The SMILES string of the molecule is C=C1CC(C(=O)OCC)C23CCCC12CCC3. The Hall–Kier alpha value is -0.790. The lowest BCUT2D eigenvalue weighted by atomic mass is 9.66. The van der Waals surface area contributed by atoms with Crippen molar-refractivity contribution >= 4 is 5.97 Å². The van der Waals surface area contributed by atoms with Gasteiger partial charge in [0.25, 0.3) is 0 Å². The Labute approximate surface area is 103 Å². The van der Waals surface area contributed by atoms with Crippen LogP contribution in [0.4, 0.5) is 0 Å². The minimum absolute atomic E-state index is 0.0410. The van der Waals surface area contributed by atoms with Gasteiger partial charge in [-0.15, -0.1) is 0 Å². The molecule has 2 heteroatoms.